The van der Waals surface area contributed by atoms with E-state index in [4.69, 9.17) is 0 Å². The predicted molar refractivity (Wildman–Crippen MR) is 54.5 cm³/mol. The molecule has 1 saturated carbocycles. The highest BCUT2D eigenvalue weighted by atomic mass is 16.2. The summed E-state index contributed by atoms with van der Waals surface area (Å²) in [6.07, 6.45) is 6.38. The van der Waals surface area contributed by atoms with Gasteiger partial charge in [0.25, 0.3) is 0 Å². The van der Waals surface area contributed by atoms with E-state index in [9.17, 15) is 9.59 Å². The van der Waals surface area contributed by atoms with E-state index in [1.54, 1.807) is 17.1 Å². The number of hydrogen-bond acceptors (Lipinski definition) is 3. The van der Waals surface area contributed by atoms with Gasteiger partial charge < -0.3 is 4.57 Å². The topological polar surface area (TPSA) is 52.0 Å². The minimum absolute atomic E-state index is 0.0805. The van der Waals surface area contributed by atoms with Crippen LogP contribution in [-0.2, 0) is 11.8 Å². The second-order valence-corrected chi connectivity index (χ2v) is 4.05. The van der Waals surface area contributed by atoms with Gasteiger partial charge in [0.1, 0.15) is 11.5 Å². The van der Waals surface area contributed by atoms with E-state index in [2.05, 4.69) is 4.98 Å². The number of hydrogen-bond donors (Lipinski definition) is 0. The van der Waals surface area contributed by atoms with Gasteiger partial charge in [0, 0.05) is 19.7 Å². The van der Waals surface area contributed by atoms with E-state index < -0.39 is 5.92 Å². The summed E-state index contributed by atoms with van der Waals surface area (Å²) in [6, 6.07) is 0. The molecule has 0 amide bonds. The number of ketones is 2. The average Bonchev–Trinajstić information content (AvgIpc) is 2.65. The van der Waals surface area contributed by atoms with Crippen LogP contribution in [0.2, 0.25) is 0 Å². The van der Waals surface area contributed by atoms with E-state index in [0.717, 1.165) is 12.8 Å². The number of rotatable bonds is 2. The van der Waals surface area contributed by atoms with Crippen LogP contribution in [0.5, 0.6) is 0 Å². The third-order valence-electron chi connectivity index (χ3n) is 2.83. The molecule has 4 nitrogen and oxygen atoms in total. The van der Waals surface area contributed by atoms with Crippen molar-refractivity contribution in [3.8, 4) is 0 Å². The number of carbonyl (C=O) groups excluding carboxylic acids is 2. The number of nitrogens with zero attached hydrogens (tertiary/aromatic N) is 2. The lowest BCUT2D eigenvalue weighted by Crippen LogP contribution is -2.27. The molecule has 1 heterocycles. The molecule has 15 heavy (non-hydrogen) atoms. The van der Waals surface area contributed by atoms with Crippen LogP contribution < -0.4 is 0 Å². The maximum atomic E-state index is 11.9. The highest BCUT2D eigenvalue weighted by Crippen LogP contribution is 2.23. The van der Waals surface area contributed by atoms with Crippen molar-refractivity contribution in [2.24, 2.45) is 13.0 Å². The molecule has 4 heteroatoms. The Balaban J connectivity index is 2.16. The first-order valence-corrected chi connectivity index (χ1v) is 5.23. The summed E-state index contributed by atoms with van der Waals surface area (Å²) in [5, 5.41) is 0. The second kappa shape index (κ2) is 3.96. The summed E-state index contributed by atoms with van der Waals surface area (Å²) in [6.45, 7) is 0. The summed E-state index contributed by atoms with van der Waals surface area (Å²) in [5.41, 5.74) is 0.415. The molecule has 1 unspecified atom stereocenters. The molecule has 0 N–H and O–H groups in total. The lowest BCUT2D eigenvalue weighted by atomic mass is 9.84. The third kappa shape index (κ3) is 1.98. The molecule has 2 rings (SSSR count). The van der Waals surface area contributed by atoms with Crippen LogP contribution in [0.15, 0.2) is 12.5 Å². The van der Waals surface area contributed by atoms with Gasteiger partial charge in [-0.1, -0.05) is 6.42 Å². The molecule has 1 aliphatic rings. The van der Waals surface area contributed by atoms with Gasteiger partial charge in [-0.05, 0) is 12.8 Å². The van der Waals surface area contributed by atoms with Crippen molar-refractivity contribution in [3.05, 3.63) is 18.2 Å². The summed E-state index contributed by atoms with van der Waals surface area (Å²) in [7, 11) is 1.81. The van der Waals surface area contributed by atoms with Crippen LogP contribution in [-0.4, -0.2) is 21.1 Å². The summed E-state index contributed by atoms with van der Waals surface area (Å²) < 4.78 is 1.72. The zero-order valence-electron chi connectivity index (χ0n) is 8.77. The first-order chi connectivity index (χ1) is 7.18. The molecule has 0 aliphatic heterocycles. The molecule has 80 valence electrons. The van der Waals surface area contributed by atoms with Crippen molar-refractivity contribution < 1.29 is 9.59 Å². The zero-order valence-corrected chi connectivity index (χ0v) is 8.77. The molecule has 1 aliphatic carbocycles. The number of aryl methyl sites for hydroxylation is 1. The predicted octanol–water partition coefficient (Wildman–Crippen LogP) is 1.36. The Labute approximate surface area is 88.3 Å². The van der Waals surface area contributed by atoms with Crippen LogP contribution in [0, 0.1) is 5.92 Å². The molecule has 1 atom stereocenters. The van der Waals surface area contributed by atoms with Gasteiger partial charge in [-0.3, -0.25) is 9.59 Å². The molecule has 0 bridgehead atoms. The first-order valence-electron chi connectivity index (χ1n) is 5.23. The lowest BCUT2D eigenvalue weighted by Gasteiger charge is -2.17. The van der Waals surface area contributed by atoms with Gasteiger partial charge >= 0.3 is 0 Å². The summed E-state index contributed by atoms with van der Waals surface area (Å²) in [5.74, 6) is -0.467. The van der Waals surface area contributed by atoms with Gasteiger partial charge in [-0.15, -0.1) is 0 Å². The largest absolute Gasteiger partial charge is 0.340 e. The molecule has 0 aromatic carbocycles. The Morgan fingerprint density at radius 2 is 2.33 bits per heavy atom. The molecular weight excluding hydrogens is 192 g/mol. The van der Waals surface area contributed by atoms with Gasteiger partial charge in [0.2, 0.25) is 0 Å². The van der Waals surface area contributed by atoms with Gasteiger partial charge in [0.05, 0.1) is 12.2 Å². The fraction of sp³-hybridized carbons (Fsp3) is 0.545. The molecular formula is C11H14N2O2. The van der Waals surface area contributed by atoms with Crippen LogP contribution in [0.1, 0.15) is 36.2 Å². The van der Waals surface area contributed by atoms with E-state index in [1.807, 2.05) is 7.05 Å². The molecule has 0 radical (unpaired) electrons. The Morgan fingerprint density at radius 3 is 2.93 bits per heavy atom. The van der Waals surface area contributed by atoms with Crippen molar-refractivity contribution in [2.45, 2.75) is 25.7 Å². The minimum atomic E-state index is -0.436. The van der Waals surface area contributed by atoms with E-state index in [0.29, 0.717) is 18.5 Å². The number of Topliss-reactive ketones (excluding diaryl/α,β-unsaturated/α-hetero) is 2. The Bertz CT molecular complexity index is 395. The van der Waals surface area contributed by atoms with Crippen molar-refractivity contribution in [3.63, 3.8) is 0 Å². The average molecular weight is 206 g/mol. The molecule has 0 spiro atoms. The van der Waals surface area contributed by atoms with Crippen LogP contribution >= 0.6 is 0 Å². The molecule has 1 fully saturated rings. The monoisotopic (exact) mass is 206 g/mol. The zero-order chi connectivity index (χ0) is 10.8. The quantitative estimate of drug-likeness (QED) is 0.542. The standard InChI is InChI=1S/C11H14N2O2/c1-13-6-9(12-7-13)11(15)8-4-2-3-5-10(8)14/h6-8H,2-5H2,1H3. The molecule has 1 aromatic heterocycles. The number of aromatic nitrogens is 2. The van der Waals surface area contributed by atoms with Crippen LogP contribution in [0.3, 0.4) is 0 Å². The second-order valence-electron chi connectivity index (χ2n) is 4.05. The Kier molecular flexibility index (Phi) is 2.66. The van der Waals surface area contributed by atoms with Crippen LogP contribution in [0.4, 0.5) is 0 Å². The van der Waals surface area contributed by atoms with Crippen molar-refractivity contribution in [2.75, 3.05) is 0 Å². The smallest absolute Gasteiger partial charge is 0.193 e. The first kappa shape index (κ1) is 10.1. The van der Waals surface area contributed by atoms with Crippen molar-refractivity contribution in [1.82, 2.24) is 9.55 Å². The molecule has 1 aromatic rings. The maximum Gasteiger partial charge on any atom is 0.193 e. The molecule has 0 saturated heterocycles. The number of carbonyl (C=O) groups is 2. The SMILES string of the molecule is Cn1cnc(C(=O)C2CCCCC2=O)c1. The Morgan fingerprint density at radius 1 is 1.53 bits per heavy atom. The Hall–Kier alpha value is -1.45. The maximum absolute atomic E-state index is 11.9. The minimum Gasteiger partial charge on any atom is -0.340 e. The normalized spacial score (nSPS) is 21.7. The van der Waals surface area contributed by atoms with Crippen molar-refractivity contribution >= 4 is 11.6 Å². The lowest BCUT2D eigenvalue weighted by molar-refractivity contribution is -0.122. The summed E-state index contributed by atoms with van der Waals surface area (Å²) in [4.78, 5) is 27.5. The van der Waals surface area contributed by atoms with Gasteiger partial charge in [-0.25, -0.2) is 4.98 Å². The van der Waals surface area contributed by atoms with Gasteiger partial charge in [-0.2, -0.15) is 0 Å². The third-order valence-corrected chi connectivity index (χ3v) is 2.83. The number of imidazole rings is 1. The van der Waals surface area contributed by atoms with Crippen molar-refractivity contribution in [1.29, 1.82) is 0 Å². The highest BCUT2D eigenvalue weighted by molar-refractivity contribution is 6.09. The van der Waals surface area contributed by atoms with E-state index >= 15 is 0 Å². The summed E-state index contributed by atoms with van der Waals surface area (Å²) >= 11 is 0. The van der Waals surface area contributed by atoms with E-state index in [-0.39, 0.29) is 11.6 Å². The fourth-order valence-electron chi connectivity index (χ4n) is 1.98. The van der Waals surface area contributed by atoms with Gasteiger partial charge in [0.15, 0.2) is 5.78 Å². The van der Waals surface area contributed by atoms with Crippen LogP contribution in [0.25, 0.3) is 0 Å². The fourth-order valence-corrected chi connectivity index (χ4v) is 1.98. The van der Waals surface area contributed by atoms with E-state index in [1.165, 1.54) is 0 Å². The highest BCUT2D eigenvalue weighted by Gasteiger charge is 2.30.